The summed E-state index contributed by atoms with van der Waals surface area (Å²) in [6.07, 6.45) is 0.491. The predicted molar refractivity (Wildman–Crippen MR) is 52.6 cm³/mol. The van der Waals surface area contributed by atoms with Crippen LogP contribution in [0.15, 0.2) is 0 Å². The van der Waals surface area contributed by atoms with Gasteiger partial charge >= 0.3 is 0 Å². The Balaban J connectivity index is 4.01. The summed E-state index contributed by atoms with van der Waals surface area (Å²) in [5.74, 6) is 1.14. The number of carbonyl (C=O) groups is 1. The van der Waals surface area contributed by atoms with Crippen LogP contribution in [0.1, 0.15) is 34.1 Å². The zero-order valence-corrected chi connectivity index (χ0v) is 9.11. The van der Waals surface area contributed by atoms with Gasteiger partial charge in [0.15, 0.2) is 0 Å². The SMILES string of the molecule is CCC(=O)C(C)S(=O)CC(C)C. The summed E-state index contributed by atoms with van der Waals surface area (Å²) >= 11 is 0. The highest BCUT2D eigenvalue weighted by molar-refractivity contribution is 7.86. The molecular weight excluding hydrogens is 172 g/mol. The normalized spacial score (nSPS) is 16.1. The van der Waals surface area contributed by atoms with E-state index in [4.69, 9.17) is 0 Å². The molecule has 2 unspecified atom stereocenters. The van der Waals surface area contributed by atoms with Gasteiger partial charge in [0.25, 0.3) is 0 Å². The van der Waals surface area contributed by atoms with E-state index >= 15 is 0 Å². The molecule has 0 rings (SSSR count). The molecule has 0 bridgehead atoms. The summed E-state index contributed by atoms with van der Waals surface area (Å²) in [6.45, 7) is 7.60. The average molecular weight is 190 g/mol. The van der Waals surface area contributed by atoms with Gasteiger partial charge in [-0.05, 0) is 12.8 Å². The zero-order valence-electron chi connectivity index (χ0n) is 8.29. The number of hydrogen-bond acceptors (Lipinski definition) is 2. The highest BCUT2D eigenvalue weighted by Gasteiger charge is 2.18. The van der Waals surface area contributed by atoms with Gasteiger partial charge < -0.3 is 0 Å². The topological polar surface area (TPSA) is 34.1 Å². The van der Waals surface area contributed by atoms with E-state index in [2.05, 4.69) is 0 Å². The van der Waals surface area contributed by atoms with Gasteiger partial charge in [-0.15, -0.1) is 0 Å². The van der Waals surface area contributed by atoms with Crippen molar-refractivity contribution >= 4 is 16.6 Å². The van der Waals surface area contributed by atoms with E-state index in [0.717, 1.165) is 0 Å². The highest BCUT2D eigenvalue weighted by atomic mass is 32.2. The Morgan fingerprint density at radius 1 is 1.33 bits per heavy atom. The molecule has 0 aliphatic heterocycles. The van der Waals surface area contributed by atoms with E-state index in [-0.39, 0.29) is 11.0 Å². The maximum Gasteiger partial charge on any atom is 0.147 e. The minimum atomic E-state index is -0.974. The molecule has 0 heterocycles. The maximum atomic E-state index is 11.4. The molecule has 12 heavy (non-hydrogen) atoms. The Morgan fingerprint density at radius 3 is 2.17 bits per heavy atom. The lowest BCUT2D eigenvalue weighted by molar-refractivity contribution is -0.118. The smallest absolute Gasteiger partial charge is 0.147 e. The summed E-state index contributed by atoms with van der Waals surface area (Å²) < 4.78 is 11.4. The lowest BCUT2D eigenvalue weighted by Gasteiger charge is -2.10. The van der Waals surface area contributed by atoms with Crippen LogP contribution in [-0.4, -0.2) is 21.0 Å². The number of rotatable bonds is 5. The van der Waals surface area contributed by atoms with Crippen LogP contribution >= 0.6 is 0 Å². The monoisotopic (exact) mass is 190 g/mol. The van der Waals surface area contributed by atoms with Crippen LogP contribution in [0.4, 0.5) is 0 Å². The summed E-state index contributed by atoms with van der Waals surface area (Å²) in [4.78, 5) is 11.1. The highest BCUT2D eigenvalue weighted by Crippen LogP contribution is 2.05. The van der Waals surface area contributed by atoms with E-state index in [9.17, 15) is 9.00 Å². The third-order valence-electron chi connectivity index (χ3n) is 1.69. The Kier molecular flexibility index (Phi) is 5.38. The van der Waals surface area contributed by atoms with Gasteiger partial charge in [0.2, 0.25) is 0 Å². The van der Waals surface area contributed by atoms with E-state index in [0.29, 0.717) is 18.1 Å². The van der Waals surface area contributed by atoms with Crippen LogP contribution in [0.5, 0.6) is 0 Å². The van der Waals surface area contributed by atoms with Crippen LogP contribution in [0.3, 0.4) is 0 Å². The number of hydrogen-bond donors (Lipinski definition) is 0. The summed E-state index contributed by atoms with van der Waals surface area (Å²) in [5, 5.41) is -0.280. The molecule has 0 radical (unpaired) electrons. The van der Waals surface area contributed by atoms with E-state index in [1.165, 1.54) is 0 Å². The quantitative estimate of drug-likeness (QED) is 0.662. The second kappa shape index (κ2) is 5.46. The number of carbonyl (C=O) groups excluding carboxylic acids is 1. The minimum Gasteiger partial charge on any atom is -0.298 e. The molecule has 72 valence electrons. The molecule has 0 aliphatic carbocycles. The van der Waals surface area contributed by atoms with Crippen molar-refractivity contribution < 1.29 is 9.00 Å². The van der Waals surface area contributed by atoms with Gasteiger partial charge in [-0.1, -0.05) is 20.8 Å². The number of ketones is 1. The first-order chi connectivity index (χ1) is 5.49. The Bertz CT molecular complexity index is 175. The van der Waals surface area contributed by atoms with Gasteiger partial charge in [-0.25, -0.2) is 0 Å². The first-order valence-corrected chi connectivity index (χ1v) is 5.77. The fourth-order valence-electron chi connectivity index (χ4n) is 0.907. The first-order valence-electron chi connectivity index (χ1n) is 4.38. The van der Waals surface area contributed by atoms with Crippen LogP contribution in [0.2, 0.25) is 0 Å². The van der Waals surface area contributed by atoms with E-state index in [1.54, 1.807) is 6.92 Å². The standard InChI is InChI=1S/C9H18O2S/c1-5-9(10)8(4)12(11)6-7(2)3/h7-8H,5-6H2,1-4H3. The van der Waals surface area contributed by atoms with Gasteiger partial charge in [0.05, 0.1) is 5.25 Å². The lowest BCUT2D eigenvalue weighted by atomic mass is 10.2. The molecular formula is C9H18O2S. The molecule has 0 aromatic carbocycles. The van der Waals surface area contributed by atoms with Crippen LogP contribution in [0, 0.1) is 5.92 Å². The number of Topliss-reactive ketones (excluding diaryl/α,β-unsaturated/α-hetero) is 1. The van der Waals surface area contributed by atoms with Gasteiger partial charge in [-0.2, -0.15) is 0 Å². The molecule has 0 N–H and O–H groups in total. The molecule has 0 fully saturated rings. The van der Waals surface area contributed by atoms with Crippen molar-refractivity contribution in [1.29, 1.82) is 0 Å². The van der Waals surface area contributed by atoms with Crippen molar-refractivity contribution in [1.82, 2.24) is 0 Å². The molecule has 3 heteroatoms. The fourth-order valence-corrected chi connectivity index (χ4v) is 2.31. The summed E-state index contributed by atoms with van der Waals surface area (Å²) in [5.41, 5.74) is 0. The van der Waals surface area contributed by atoms with E-state index < -0.39 is 10.8 Å². The second-order valence-electron chi connectivity index (χ2n) is 3.40. The molecule has 0 aromatic rings. The molecule has 0 saturated heterocycles. The molecule has 2 nitrogen and oxygen atoms in total. The van der Waals surface area contributed by atoms with Crippen molar-refractivity contribution in [3.63, 3.8) is 0 Å². The second-order valence-corrected chi connectivity index (χ2v) is 5.21. The van der Waals surface area contributed by atoms with Crippen LogP contribution < -0.4 is 0 Å². The van der Waals surface area contributed by atoms with E-state index in [1.807, 2.05) is 20.8 Å². The van der Waals surface area contributed by atoms with Gasteiger partial charge in [-0.3, -0.25) is 9.00 Å². The molecule has 0 aromatic heterocycles. The van der Waals surface area contributed by atoms with Crippen LogP contribution in [-0.2, 0) is 15.6 Å². The fraction of sp³-hybridized carbons (Fsp3) is 0.889. The van der Waals surface area contributed by atoms with Crippen molar-refractivity contribution in [2.24, 2.45) is 5.92 Å². The largest absolute Gasteiger partial charge is 0.298 e. The van der Waals surface area contributed by atoms with Crippen molar-refractivity contribution in [2.45, 2.75) is 39.4 Å². The van der Waals surface area contributed by atoms with Crippen LogP contribution in [0.25, 0.3) is 0 Å². The first kappa shape index (κ1) is 11.8. The summed E-state index contributed by atoms with van der Waals surface area (Å²) in [7, 11) is -0.974. The minimum absolute atomic E-state index is 0.106. The Morgan fingerprint density at radius 2 is 1.83 bits per heavy atom. The molecule has 0 saturated carbocycles. The van der Waals surface area contributed by atoms with Crippen molar-refractivity contribution in [3.8, 4) is 0 Å². The molecule has 0 amide bonds. The Hall–Kier alpha value is -0.180. The lowest BCUT2D eigenvalue weighted by Crippen LogP contribution is -2.25. The molecule has 0 spiro atoms. The third kappa shape index (κ3) is 4.00. The molecule has 2 atom stereocenters. The Labute approximate surface area is 77.2 Å². The average Bonchev–Trinajstić information content (AvgIpc) is 2.00. The third-order valence-corrected chi connectivity index (χ3v) is 3.74. The van der Waals surface area contributed by atoms with Crippen molar-refractivity contribution in [3.05, 3.63) is 0 Å². The van der Waals surface area contributed by atoms with Crippen molar-refractivity contribution in [2.75, 3.05) is 5.75 Å². The zero-order chi connectivity index (χ0) is 9.72. The predicted octanol–water partition coefficient (Wildman–Crippen LogP) is 1.76. The van der Waals surface area contributed by atoms with Gasteiger partial charge in [0.1, 0.15) is 5.78 Å². The van der Waals surface area contributed by atoms with Gasteiger partial charge in [0, 0.05) is 23.0 Å². The summed E-state index contributed by atoms with van der Waals surface area (Å²) in [6, 6.07) is 0. The molecule has 0 aliphatic rings. The maximum absolute atomic E-state index is 11.4.